The summed E-state index contributed by atoms with van der Waals surface area (Å²) in [5, 5.41) is 1.94. The van der Waals surface area contributed by atoms with Gasteiger partial charge in [0.05, 0.1) is 10.9 Å². The molecule has 1 aromatic heterocycles. The highest BCUT2D eigenvalue weighted by atomic mass is 32.2. The Labute approximate surface area is 146 Å². The quantitative estimate of drug-likeness (QED) is 0.834. The van der Waals surface area contributed by atoms with Crippen molar-refractivity contribution in [3.8, 4) is 0 Å². The standard InChI is InChI=1S/C18H19NO3S2/c1-13-5-8-16(9-6-13)24(21,22)19-12-15(14(2)20)7-10-17(19)18-4-3-11-23-18/h3-9,11,17H,10,12H2,1-2H3/t17-/m0/s1. The Hall–Kier alpha value is -1.76. The highest BCUT2D eigenvalue weighted by Crippen LogP contribution is 2.37. The van der Waals surface area contributed by atoms with Crippen molar-refractivity contribution in [2.75, 3.05) is 6.54 Å². The van der Waals surface area contributed by atoms with Crippen molar-refractivity contribution in [2.45, 2.75) is 31.2 Å². The molecule has 1 aliphatic heterocycles. The van der Waals surface area contributed by atoms with E-state index < -0.39 is 10.0 Å². The van der Waals surface area contributed by atoms with Gasteiger partial charge in [0, 0.05) is 17.0 Å². The van der Waals surface area contributed by atoms with Gasteiger partial charge in [0.1, 0.15) is 0 Å². The van der Waals surface area contributed by atoms with Crippen LogP contribution in [0.25, 0.3) is 0 Å². The lowest BCUT2D eigenvalue weighted by atomic mass is 10.0. The van der Waals surface area contributed by atoms with Crippen LogP contribution in [0.2, 0.25) is 0 Å². The van der Waals surface area contributed by atoms with E-state index >= 15 is 0 Å². The number of rotatable bonds is 4. The van der Waals surface area contributed by atoms with Gasteiger partial charge in [-0.25, -0.2) is 8.42 Å². The van der Waals surface area contributed by atoms with Gasteiger partial charge in [-0.15, -0.1) is 11.3 Å². The molecule has 0 bridgehead atoms. The van der Waals surface area contributed by atoms with Gasteiger partial charge in [0.25, 0.3) is 0 Å². The normalized spacial score (nSPS) is 19.1. The molecule has 3 rings (SSSR count). The van der Waals surface area contributed by atoms with E-state index in [9.17, 15) is 13.2 Å². The Morgan fingerprint density at radius 2 is 1.92 bits per heavy atom. The van der Waals surface area contributed by atoms with Crippen molar-refractivity contribution in [3.05, 3.63) is 63.9 Å². The minimum Gasteiger partial charge on any atom is -0.295 e. The van der Waals surface area contributed by atoms with Crippen LogP contribution < -0.4 is 0 Å². The molecule has 2 aromatic rings. The van der Waals surface area contributed by atoms with Crippen molar-refractivity contribution >= 4 is 27.1 Å². The van der Waals surface area contributed by atoms with E-state index in [2.05, 4.69) is 0 Å². The van der Waals surface area contributed by atoms with Crippen molar-refractivity contribution in [3.63, 3.8) is 0 Å². The number of sulfonamides is 1. The molecule has 0 amide bonds. The molecule has 2 heterocycles. The lowest BCUT2D eigenvalue weighted by Gasteiger charge is -2.33. The van der Waals surface area contributed by atoms with Crippen LogP contribution >= 0.6 is 11.3 Å². The van der Waals surface area contributed by atoms with Crippen LogP contribution in [0.3, 0.4) is 0 Å². The van der Waals surface area contributed by atoms with Crippen molar-refractivity contribution in [2.24, 2.45) is 0 Å². The molecule has 0 unspecified atom stereocenters. The number of hydrogen-bond donors (Lipinski definition) is 0. The van der Waals surface area contributed by atoms with Crippen molar-refractivity contribution in [1.82, 2.24) is 4.31 Å². The van der Waals surface area contributed by atoms with E-state index in [1.54, 1.807) is 24.3 Å². The number of nitrogens with zero attached hydrogens (tertiary/aromatic N) is 1. The maximum atomic E-state index is 13.2. The minimum atomic E-state index is -3.67. The monoisotopic (exact) mass is 361 g/mol. The van der Waals surface area contributed by atoms with E-state index in [0.29, 0.717) is 12.0 Å². The number of thiophene rings is 1. The highest BCUT2D eigenvalue weighted by molar-refractivity contribution is 7.89. The van der Waals surface area contributed by atoms with E-state index in [4.69, 9.17) is 0 Å². The maximum absolute atomic E-state index is 13.2. The summed E-state index contributed by atoms with van der Waals surface area (Å²) in [6.07, 6.45) is 2.38. The number of ketones is 1. The fraction of sp³-hybridized carbons (Fsp3) is 0.278. The molecule has 24 heavy (non-hydrogen) atoms. The molecule has 0 radical (unpaired) electrons. The van der Waals surface area contributed by atoms with Crippen LogP contribution in [-0.2, 0) is 14.8 Å². The second-order valence-electron chi connectivity index (χ2n) is 5.92. The molecule has 0 saturated heterocycles. The lowest BCUT2D eigenvalue weighted by Crippen LogP contribution is -2.39. The molecule has 0 aliphatic carbocycles. The summed E-state index contributed by atoms with van der Waals surface area (Å²) in [5.74, 6) is -0.0799. The lowest BCUT2D eigenvalue weighted by molar-refractivity contribution is -0.113. The van der Waals surface area contributed by atoms with E-state index in [1.807, 2.05) is 30.5 Å². The Balaban J connectivity index is 2.04. The zero-order valence-electron chi connectivity index (χ0n) is 13.6. The molecule has 0 spiro atoms. The molecule has 1 aliphatic rings. The first-order valence-electron chi connectivity index (χ1n) is 7.71. The van der Waals surface area contributed by atoms with Crippen molar-refractivity contribution in [1.29, 1.82) is 0 Å². The summed E-state index contributed by atoms with van der Waals surface area (Å²) in [7, 11) is -3.67. The first kappa shape index (κ1) is 17.1. The van der Waals surface area contributed by atoms with Gasteiger partial charge in [-0.2, -0.15) is 4.31 Å². The third-order valence-electron chi connectivity index (χ3n) is 4.21. The summed E-state index contributed by atoms with van der Waals surface area (Å²) in [4.78, 5) is 13.0. The number of hydrogen-bond acceptors (Lipinski definition) is 4. The fourth-order valence-electron chi connectivity index (χ4n) is 2.81. The molecule has 126 valence electrons. The first-order valence-corrected chi connectivity index (χ1v) is 10.0. The predicted octanol–water partition coefficient (Wildman–Crippen LogP) is 3.71. The second kappa shape index (κ2) is 6.63. The predicted molar refractivity (Wildman–Crippen MR) is 95.5 cm³/mol. The smallest absolute Gasteiger partial charge is 0.243 e. The molecule has 1 aromatic carbocycles. The Kier molecular flexibility index (Phi) is 4.71. The summed E-state index contributed by atoms with van der Waals surface area (Å²) >= 11 is 1.54. The third-order valence-corrected chi connectivity index (χ3v) is 7.06. The van der Waals surface area contributed by atoms with Crippen molar-refractivity contribution < 1.29 is 13.2 Å². The Morgan fingerprint density at radius 3 is 2.50 bits per heavy atom. The van der Waals surface area contributed by atoms with Crippen LogP contribution in [-0.4, -0.2) is 25.1 Å². The number of aryl methyl sites for hydroxylation is 1. The van der Waals surface area contributed by atoms with E-state index in [-0.39, 0.29) is 23.3 Å². The van der Waals surface area contributed by atoms with Gasteiger partial charge in [0.15, 0.2) is 5.78 Å². The van der Waals surface area contributed by atoms with Crippen LogP contribution in [0.5, 0.6) is 0 Å². The number of carbonyl (C=O) groups excluding carboxylic acids is 1. The van der Waals surface area contributed by atoms with Gasteiger partial charge in [-0.1, -0.05) is 29.8 Å². The van der Waals surface area contributed by atoms with Crippen LogP contribution in [0.4, 0.5) is 0 Å². The van der Waals surface area contributed by atoms with Gasteiger partial charge in [-0.3, -0.25) is 4.79 Å². The molecule has 1 atom stereocenters. The van der Waals surface area contributed by atoms with Gasteiger partial charge < -0.3 is 0 Å². The molecular formula is C18H19NO3S2. The number of benzene rings is 1. The zero-order chi connectivity index (χ0) is 17.3. The number of carbonyl (C=O) groups is 1. The van der Waals surface area contributed by atoms with Crippen LogP contribution in [0.15, 0.2) is 58.3 Å². The zero-order valence-corrected chi connectivity index (χ0v) is 15.2. The number of Topliss-reactive ketones (excluding diaryl/α,β-unsaturated/α-hetero) is 1. The maximum Gasteiger partial charge on any atom is 0.243 e. The summed E-state index contributed by atoms with van der Waals surface area (Å²) in [5.41, 5.74) is 1.56. The summed E-state index contributed by atoms with van der Waals surface area (Å²) in [6, 6.07) is 10.4. The largest absolute Gasteiger partial charge is 0.295 e. The van der Waals surface area contributed by atoms with Crippen LogP contribution in [0, 0.1) is 6.92 Å². The topological polar surface area (TPSA) is 54.5 Å². The van der Waals surface area contributed by atoms with E-state index in [1.165, 1.54) is 22.6 Å². The molecule has 0 N–H and O–H groups in total. The molecule has 0 fully saturated rings. The Bertz CT molecular complexity index is 865. The van der Waals surface area contributed by atoms with E-state index in [0.717, 1.165) is 10.4 Å². The molecule has 6 heteroatoms. The Morgan fingerprint density at radius 1 is 1.21 bits per heavy atom. The average molecular weight is 361 g/mol. The van der Waals surface area contributed by atoms with Gasteiger partial charge in [0.2, 0.25) is 10.0 Å². The third kappa shape index (κ3) is 3.22. The minimum absolute atomic E-state index is 0.0799. The first-order chi connectivity index (χ1) is 11.4. The van der Waals surface area contributed by atoms with Gasteiger partial charge in [-0.05, 0) is 43.8 Å². The molecule has 4 nitrogen and oxygen atoms in total. The highest BCUT2D eigenvalue weighted by Gasteiger charge is 2.36. The van der Waals surface area contributed by atoms with Gasteiger partial charge >= 0.3 is 0 Å². The second-order valence-corrected chi connectivity index (χ2v) is 8.79. The average Bonchev–Trinajstić information content (AvgIpc) is 3.09. The fourth-order valence-corrected chi connectivity index (χ4v) is 5.32. The van der Waals surface area contributed by atoms with Crippen LogP contribution in [0.1, 0.15) is 29.8 Å². The summed E-state index contributed by atoms with van der Waals surface area (Å²) < 4.78 is 27.8. The molecule has 0 saturated carbocycles. The molecular weight excluding hydrogens is 342 g/mol. The SMILES string of the molecule is CC(=O)C1=CC[C@@H](c2cccs2)N(S(=O)(=O)c2ccc(C)cc2)C1. The summed E-state index contributed by atoms with van der Waals surface area (Å²) in [6.45, 7) is 3.52.